The van der Waals surface area contributed by atoms with Crippen LogP contribution in [0.15, 0.2) is 102 Å². The zero-order chi connectivity index (χ0) is 27.9. The summed E-state index contributed by atoms with van der Waals surface area (Å²) in [5.74, 6) is -0.241. The van der Waals surface area contributed by atoms with Crippen molar-refractivity contribution in [3.63, 3.8) is 0 Å². The number of rotatable bonds is 9. The molecule has 0 aliphatic heterocycles. The maximum absolute atomic E-state index is 12.3. The molecule has 0 fully saturated rings. The van der Waals surface area contributed by atoms with Gasteiger partial charge in [0, 0.05) is 24.2 Å². The maximum atomic E-state index is 12.3. The Balaban J connectivity index is 1.61. The van der Waals surface area contributed by atoms with Crippen LogP contribution in [0.5, 0.6) is 5.75 Å². The van der Waals surface area contributed by atoms with Crippen molar-refractivity contribution < 1.29 is 17.4 Å². The fourth-order valence-corrected chi connectivity index (χ4v) is 4.91. The predicted octanol–water partition coefficient (Wildman–Crippen LogP) is 5.79. The lowest BCUT2D eigenvalue weighted by atomic mass is 9.71. The number of amides is 1. The van der Waals surface area contributed by atoms with E-state index in [0.29, 0.717) is 11.7 Å². The van der Waals surface area contributed by atoms with Gasteiger partial charge in [-0.2, -0.15) is 13.6 Å². The summed E-state index contributed by atoms with van der Waals surface area (Å²) in [6.45, 7) is 10.7. The standard InChI is InChI=1S/C29H36N4O4S/c1-21(9-14-26-23(3)27(15-16-29(26,4)5)33-18-17-31-20-33)7-6-8-22(2)19-28(34)32-24-10-12-25(13-11-24)37-38(30,35)36/h6-14,17-20,27H,15-16H2,1-5H3,(H,32,34)(H2,30,35,36)/b8-6+,14-9+,21-7+,22-19+. The van der Waals surface area contributed by atoms with Crippen molar-refractivity contribution in [2.24, 2.45) is 10.6 Å². The van der Waals surface area contributed by atoms with Gasteiger partial charge < -0.3 is 14.1 Å². The van der Waals surface area contributed by atoms with Gasteiger partial charge in [-0.3, -0.25) is 4.79 Å². The van der Waals surface area contributed by atoms with E-state index in [0.717, 1.165) is 24.0 Å². The van der Waals surface area contributed by atoms with Crippen LogP contribution in [0.4, 0.5) is 5.69 Å². The third kappa shape index (κ3) is 8.43. The number of benzene rings is 1. The lowest BCUT2D eigenvalue weighted by molar-refractivity contribution is -0.111. The van der Waals surface area contributed by atoms with Gasteiger partial charge in [-0.1, -0.05) is 49.8 Å². The van der Waals surface area contributed by atoms with Crippen LogP contribution in [0.3, 0.4) is 0 Å². The number of nitrogens with one attached hydrogen (secondary N) is 1. The van der Waals surface area contributed by atoms with E-state index in [9.17, 15) is 13.2 Å². The highest BCUT2D eigenvalue weighted by molar-refractivity contribution is 7.84. The second kappa shape index (κ2) is 12.2. The third-order valence-corrected chi connectivity index (χ3v) is 6.93. The molecule has 38 heavy (non-hydrogen) atoms. The molecule has 1 aliphatic rings. The van der Waals surface area contributed by atoms with Crippen LogP contribution in [0, 0.1) is 5.41 Å². The number of nitrogens with zero attached hydrogens (tertiary/aromatic N) is 2. The van der Waals surface area contributed by atoms with Crippen molar-refractivity contribution in [1.29, 1.82) is 0 Å². The van der Waals surface area contributed by atoms with E-state index < -0.39 is 10.3 Å². The lowest BCUT2D eigenvalue weighted by Crippen LogP contribution is -2.25. The van der Waals surface area contributed by atoms with E-state index >= 15 is 0 Å². The number of carbonyl (C=O) groups is 1. The van der Waals surface area contributed by atoms with Gasteiger partial charge in [0.1, 0.15) is 5.75 Å². The Hall–Kier alpha value is -3.69. The largest absolute Gasteiger partial charge is 0.380 e. The summed E-state index contributed by atoms with van der Waals surface area (Å²) in [6, 6.07) is 6.20. The van der Waals surface area contributed by atoms with Gasteiger partial charge in [-0.05, 0) is 80.0 Å². The third-order valence-electron chi connectivity index (χ3n) is 6.51. The van der Waals surface area contributed by atoms with Crippen LogP contribution in [-0.4, -0.2) is 23.9 Å². The average molecular weight is 537 g/mol. The van der Waals surface area contributed by atoms with Crippen LogP contribution in [0.2, 0.25) is 0 Å². The van der Waals surface area contributed by atoms with Gasteiger partial charge in [-0.25, -0.2) is 4.98 Å². The molecule has 3 N–H and O–H groups in total. The molecule has 1 heterocycles. The van der Waals surface area contributed by atoms with Crippen LogP contribution < -0.4 is 14.6 Å². The van der Waals surface area contributed by atoms with Crippen LogP contribution in [0.25, 0.3) is 0 Å². The second-order valence-corrected chi connectivity index (χ2v) is 11.3. The van der Waals surface area contributed by atoms with E-state index in [-0.39, 0.29) is 17.1 Å². The molecule has 9 heteroatoms. The molecule has 8 nitrogen and oxygen atoms in total. The summed E-state index contributed by atoms with van der Waals surface area (Å²) < 4.78 is 28.7. The van der Waals surface area contributed by atoms with Crippen LogP contribution in [-0.2, 0) is 15.1 Å². The van der Waals surface area contributed by atoms with E-state index in [1.54, 1.807) is 0 Å². The molecule has 1 atom stereocenters. The van der Waals surface area contributed by atoms with E-state index in [1.807, 2.05) is 43.9 Å². The quantitative estimate of drug-likeness (QED) is 0.311. The molecule has 1 aromatic carbocycles. The first-order chi connectivity index (χ1) is 17.8. The Morgan fingerprint density at radius 3 is 2.53 bits per heavy atom. The number of hydrogen-bond donors (Lipinski definition) is 2. The van der Waals surface area contributed by atoms with Gasteiger partial charge >= 0.3 is 10.3 Å². The fraction of sp³-hybridized carbons (Fsp3) is 0.310. The highest BCUT2D eigenvalue weighted by atomic mass is 32.2. The zero-order valence-electron chi connectivity index (χ0n) is 22.5. The number of nitrogens with two attached hydrogens (primary N) is 1. The first-order valence-corrected chi connectivity index (χ1v) is 13.8. The molecular formula is C29H36N4O4S. The summed E-state index contributed by atoms with van der Waals surface area (Å²) in [5, 5.41) is 7.56. The molecule has 1 amide bonds. The number of imidazole rings is 1. The van der Waals surface area contributed by atoms with Crippen molar-refractivity contribution in [2.45, 2.75) is 53.5 Å². The Morgan fingerprint density at radius 2 is 1.89 bits per heavy atom. The van der Waals surface area contributed by atoms with Gasteiger partial charge in [-0.15, -0.1) is 0 Å². The minimum atomic E-state index is -4.09. The molecule has 3 rings (SSSR count). The number of anilines is 1. The van der Waals surface area contributed by atoms with Crippen LogP contribution in [0.1, 0.15) is 53.5 Å². The molecule has 2 aromatic rings. The van der Waals surface area contributed by atoms with Gasteiger partial charge in [0.25, 0.3) is 0 Å². The van der Waals surface area contributed by atoms with E-state index in [4.69, 9.17) is 5.14 Å². The highest BCUT2D eigenvalue weighted by Gasteiger charge is 2.32. The molecule has 0 radical (unpaired) electrons. The lowest BCUT2D eigenvalue weighted by Gasteiger charge is -2.37. The predicted molar refractivity (Wildman–Crippen MR) is 152 cm³/mol. The number of carbonyl (C=O) groups excluding carboxylic acids is 1. The van der Waals surface area contributed by atoms with Crippen molar-refractivity contribution >= 4 is 21.9 Å². The second-order valence-electron chi connectivity index (χ2n) is 10.1. The Kier molecular flexibility index (Phi) is 9.30. The monoisotopic (exact) mass is 536 g/mol. The minimum absolute atomic E-state index is 0.0629. The molecule has 0 bridgehead atoms. The average Bonchev–Trinajstić information content (AvgIpc) is 3.33. The highest BCUT2D eigenvalue weighted by Crippen LogP contribution is 2.45. The van der Waals surface area contributed by atoms with Crippen molar-refractivity contribution in [2.75, 3.05) is 5.32 Å². The summed E-state index contributed by atoms with van der Waals surface area (Å²) in [6.07, 6.45) is 19.6. The molecule has 1 aromatic heterocycles. The topological polar surface area (TPSA) is 116 Å². The first-order valence-electron chi connectivity index (χ1n) is 12.4. The zero-order valence-corrected chi connectivity index (χ0v) is 23.3. The fourth-order valence-electron chi connectivity index (χ4n) is 4.53. The van der Waals surface area contributed by atoms with Gasteiger partial charge in [0.15, 0.2) is 0 Å². The summed E-state index contributed by atoms with van der Waals surface area (Å²) >= 11 is 0. The molecule has 1 unspecified atom stereocenters. The Labute approximate surface area is 225 Å². The van der Waals surface area contributed by atoms with Gasteiger partial charge in [0.05, 0.1) is 12.4 Å². The molecule has 0 saturated heterocycles. The smallest absolute Gasteiger partial charge is 0.371 e. The minimum Gasteiger partial charge on any atom is -0.371 e. The summed E-state index contributed by atoms with van der Waals surface area (Å²) in [5.41, 5.74) is 5.21. The Bertz CT molecular complexity index is 1390. The van der Waals surface area contributed by atoms with Crippen LogP contribution >= 0.6 is 0 Å². The number of hydrogen-bond acceptors (Lipinski definition) is 5. The molecule has 202 valence electrons. The maximum Gasteiger partial charge on any atom is 0.380 e. The molecular weight excluding hydrogens is 500 g/mol. The van der Waals surface area contributed by atoms with Crippen molar-refractivity contribution in [3.8, 4) is 5.75 Å². The summed E-state index contributed by atoms with van der Waals surface area (Å²) in [7, 11) is -4.09. The molecule has 0 saturated carbocycles. The number of allylic oxidation sites excluding steroid dienone is 9. The van der Waals surface area contributed by atoms with E-state index in [2.05, 4.69) is 58.9 Å². The number of aromatic nitrogens is 2. The summed E-state index contributed by atoms with van der Waals surface area (Å²) in [4.78, 5) is 16.5. The first kappa shape index (κ1) is 28.9. The van der Waals surface area contributed by atoms with E-state index in [1.165, 1.54) is 41.5 Å². The SMILES string of the molecule is CC1=C(/C=C/C(C)=C/C=C/C(C)=C/C(=O)Nc2ccc(OS(N)(=O)=O)cc2)C(C)(C)CCC1n1ccnc1. The molecule has 0 spiro atoms. The van der Waals surface area contributed by atoms with Crippen molar-refractivity contribution in [1.82, 2.24) is 9.55 Å². The molecule has 1 aliphatic carbocycles. The Morgan fingerprint density at radius 1 is 1.18 bits per heavy atom. The van der Waals surface area contributed by atoms with Gasteiger partial charge in [0.2, 0.25) is 5.91 Å². The van der Waals surface area contributed by atoms with Crippen molar-refractivity contribution in [3.05, 3.63) is 102 Å². The normalized spacial score (nSPS) is 18.8.